The van der Waals surface area contributed by atoms with Crippen LogP contribution in [-0.4, -0.2) is 0 Å². The van der Waals surface area contributed by atoms with Crippen LogP contribution in [0.5, 0.6) is 0 Å². The molecule has 3 nitrogen and oxygen atoms in total. The number of rotatable bonds is 5. The van der Waals surface area contributed by atoms with Gasteiger partial charge in [0, 0.05) is 27.4 Å². The quantitative estimate of drug-likeness (QED) is 0.165. The summed E-state index contributed by atoms with van der Waals surface area (Å²) in [4.78, 5) is 2.40. The molecule has 0 aliphatic rings. The molecule has 0 saturated carbocycles. The number of benzene rings is 10. The van der Waals surface area contributed by atoms with Gasteiger partial charge in [0.2, 0.25) is 0 Å². The van der Waals surface area contributed by atoms with Crippen LogP contribution < -0.4 is 4.90 Å². The molecule has 12 aromatic rings. The highest BCUT2D eigenvalue weighted by Crippen LogP contribution is 2.48. The Morgan fingerprint density at radius 3 is 1.77 bits per heavy atom. The summed E-state index contributed by atoms with van der Waals surface area (Å²) in [7, 11) is 0. The number of hydrogen-bond donors (Lipinski definition) is 0. The fourth-order valence-corrected chi connectivity index (χ4v) is 9.06. The monoisotopic (exact) mass is 727 g/mol. The standard InChI is InChI=1S/C54H33NO2/c1-2-14-37-33-52-46(32-36(37)13-1)53-44(20-10-24-50(53)57-52)43-16-5-7-21-47(43)55(48-22-11-25-51-54(48)45-17-6-8-23-49(45)56-51)38-29-26-35(27-30-38)40-18-9-19-41-39-15-4-3-12-34(39)28-31-42(40)41/h1-33H. The number of furan rings is 2. The molecular weight excluding hydrogens is 695 g/mol. The third-order valence-corrected chi connectivity index (χ3v) is 11.6. The zero-order valence-corrected chi connectivity index (χ0v) is 30.8. The number of hydrogen-bond acceptors (Lipinski definition) is 3. The van der Waals surface area contributed by atoms with Gasteiger partial charge in [0.1, 0.15) is 22.3 Å². The summed E-state index contributed by atoms with van der Waals surface area (Å²) in [5.41, 5.74) is 11.2. The second-order valence-electron chi connectivity index (χ2n) is 14.8. The van der Waals surface area contributed by atoms with Gasteiger partial charge in [-0.2, -0.15) is 0 Å². The van der Waals surface area contributed by atoms with E-state index >= 15 is 0 Å². The Bertz CT molecular complexity index is 3530. The third-order valence-electron chi connectivity index (χ3n) is 11.6. The summed E-state index contributed by atoms with van der Waals surface area (Å²) in [6.07, 6.45) is 0. The molecule has 0 saturated heterocycles. The van der Waals surface area contributed by atoms with E-state index in [1.165, 1.54) is 38.1 Å². The highest BCUT2D eigenvalue weighted by Gasteiger charge is 2.24. The SMILES string of the molecule is c1ccc(N(c2ccc(-c3cccc4c3ccc3ccccc34)cc2)c2cccc3oc4ccccc4c23)c(-c2cccc3oc4cc5ccccc5cc4c23)c1. The molecule has 0 atom stereocenters. The van der Waals surface area contributed by atoms with Crippen LogP contribution in [0.15, 0.2) is 209 Å². The van der Waals surface area contributed by atoms with Crippen molar-refractivity contribution in [2.45, 2.75) is 0 Å². The van der Waals surface area contributed by atoms with Crippen LogP contribution in [0, 0.1) is 0 Å². The molecule has 0 amide bonds. The lowest BCUT2D eigenvalue weighted by Gasteiger charge is -2.29. The molecule has 2 heterocycles. The first-order valence-corrected chi connectivity index (χ1v) is 19.4. The van der Waals surface area contributed by atoms with Crippen LogP contribution in [0.3, 0.4) is 0 Å². The lowest BCUT2D eigenvalue weighted by molar-refractivity contribution is 0.669. The van der Waals surface area contributed by atoms with E-state index in [0.29, 0.717) is 0 Å². The van der Waals surface area contributed by atoms with Gasteiger partial charge >= 0.3 is 0 Å². The normalized spacial score (nSPS) is 11.9. The molecular formula is C54H33NO2. The van der Waals surface area contributed by atoms with Crippen LogP contribution in [0.1, 0.15) is 0 Å². The van der Waals surface area contributed by atoms with Crippen molar-refractivity contribution in [1.82, 2.24) is 0 Å². The first kappa shape index (κ1) is 31.7. The van der Waals surface area contributed by atoms with Crippen molar-refractivity contribution >= 4 is 93.3 Å². The van der Waals surface area contributed by atoms with Crippen molar-refractivity contribution in [3.05, 3.63) is 200 Å². The van der Waals surface area contributed by atoms with Gasteiger partial charge in [-0.15, -0.1) is 0 Å². The Morgan fingerprint density at radius 1 is 0.298 bits per heavy atom. The lowest BCUT2D eigenvalue weighted by Crippen LogP contribution is -2.11. The number of para-hydroxylation sites is 2. The van der Waals surface area contributed by atoms with E-state index in [9.17, 15) is 0 Å². The molecule has 0 radical (unpaired) electrons. The van der Waals surface area contributed by atoms with Gasteiger partial charge in [-0.3, -0.25) is 0 Å². The second-order valence-corrected chi connectivity index (χ2v) is 14.8. The van der Waals surface area contributed by atoms with Crippen molar-refractivity contribution in [2.24, 2.45) is 0 Å². The summed E-state index contributed by atoms with van der Waals surface area (Å²) >= 11 is 0. The fourth-order valence-electron chi connectivity index (χ4n) is 9.06. The van der Waals surface area contributed by atoms with Crippen LogP contribution in [-0.2, 0) is 0 Å². The first-order chi connectivity index (χ1) is 28.3. The molecule has 0 unspecified atom stereocenters. The minimum atomic E-state index is 0.852. The molecule has 3 heteroatoms. The van der Waals surface area contributed by atoms with E-state index in [1.807, 2.05) is 12.1 Å². The van der Waals surface area contributed by atoms with E-state index in [1.54, 1.807) is 0 Å². The van der Waals surface area contributed by atoms with E-state index in [-0.39, 0.29) is 0 Å². The topological polar surface area (TPSA) is 29.5 Å². The molecule has 0 N–H and O–H groups in total. The van der Waals surface area contributed by atoms with Crippen molar-refractivity contribution in [1.29, 1.82) is 0 Å². The molecule has 0 fully saturated rings. The smallest absolute Gasteiger partial charge is 0.137 e. The Hall–Kier alpha value is -7.62. The Kier molecular flexibility index (Phi) is 6.93. The van der Waals surface area contributed by atoms with Gasteiger partial charge < -0.3 is 13.7 Å². The summed E-state index contributed by atoms with van der Waals surface area (Å²) < 4.78 is 13.0. The van der Waals surface area contributed by atoms with Gasteiger partial charge in [-0.1, -0.05) is 146 Å². The zero-order valence-electron chi connectivity index (χ0n) is 30.8. The molecule has 0 aliphatic carbocycles. The summed E-state index contributed by atoms with van der Waals surface area (Å²) in [5, 5.41) is 11.8. The predicted molar refractivity (Wildman–Crippen MR) is 239 cm³/mol. The number of nitrogens with zero attached hydrogens (tertiary/aromatic N) is 1. The molecule has 0 spiro atoms. The van der Waals surface area contributed by atoms with Crippen LogP contribution in [0.2, 0.25) is 0 Å². The maximum absolute atomic E-state index is 6.57. The predicted octanol–water partition coefficient (Wildman–Crippen LogP) is 15.7. The number of anilines is 3. The van der Waals surface area contributed by atoms with E-state index < -0.39 is 0 Å². The maximum Gasteiger partial charge on any atom is 0.137 e. The molecule has 57 heavy (non-hydrogen) atoms. The van der Waals surface area contributed by atoms with Gasteiger partial charge in [-0.25, -0.2) is 0 Å². The van der Waals surface area contributed by atoms with E-state index in [2.05, 4.69) is 193 Å². The van der Waals surface area contributed by atoms with Crippen molar-refractivity contribution in [3.63, 3.8) is 0 Å². The summed E-state index contributed by atoms with van der Waals surface area (Å²) in [6.45, 7) is 0. The highest BCUT2D eigenvalue weighted by molar-refractivity contribution is 6.18. The minimum Gasteiger partial charge on any atom is -0.456 e. The minimum absolute atomic E-state index is 0.852. The third kappa shape index (κ3) is 4.92. The molecule has 0 aliphatic heterocycles. The molecule has 2 aromatic heterocycles. The average molecular weight is 728 g/mol. The van der Waals surface area contributed by atoms with Gasteiger partial charge in [-0.05, 0) is 104 Å². The Balaban J connectivity index is 1.09. The van der Waals surface area contributed by atoms with Crippen molar-refractivity contribution < 1.29 is 8.83 Å². The van der Waals surface area contributed by atoms with Gasteiger partial charge in [0.05, 0.1) is 16.8 Å². The van der Waals surface area contributed by atoms with Gasteiger partial charge in [0.15, 0.2) is 0 Å². The Morgan fingerprint density at radius 2 is 0.895 bits per heavy atom. The Labute approximate surface area is 328 Å². The largest absolute Gasteiger partial charge is 0.456 e. The molecule has 266 valence electrons. The van der Waals surface area contributed by atoms with E-state index in [0.717, 1.165) is 77.5 Å². The molecule has 0 bridgehead atoms. The molecule has 12 rings (SSSR count). The van der Waals surface area contributed by atoms with Crippen LogP contribution >= 0.6 is 0 Å². The fraction of sp³-hybridized carbons (Fsp3) is 0. The van der Waals surface area contributed by atoms with Crippen LogP contribution in [0.4, 0.5) is 17.1 Å². The molecule has 10 aromatic carbocycles. The van der Waals surface area contributed by atoms with Crippen molar-refractivity contribution in [2.75, 3.05) is 4.90 Å². The zero-order chi connectivity index (χ0) is 37.5. The summed E-state index contributed by atoms with van der Waals surface area (Å²) in [6, 6.07) is 71.6. The first-order valence-electron chi connectivity index (χ1n) is 19.4. The van der Waals surface area contributed by atoms with Crippen LogP contribution in [0.25, 0.3) is 98.4 Å². The number of fused-ring (bicyclic) bond motifs is 10. The van der Waals surface area contributed by atoms with E-state index in [4.69, 9.17) is 8.83 Å². The highest BCUT2D eigenvalue weighted by atomic mass is 16.3. The maximum atomic E-state index is 6.57. The summed E-state index contributed by atoms with van der Waals surface area (Å²) in [5.74, 6) is 0. The second kappa shape index (κ2) is 12.5. The average Bonchev–Trinajstić information content (AvgIpc) is 3.84. The van der Waals surface area contributed by atoms with Crippen molar-refractivity contribution in [3.8, 4) is 22.3 Å². The van der Waals surface area contributed by atoms with Gasteiger partial charge in [0.25, 0.3) is 0 Å². The lowest BCUT2D eigenvalue weighted by atomic mass is 9.94.